The van der Waals surface area contributed by atoms with E-state index in [4.69, 9.17) is 0 Å². The lowest BCUT2D eigenvalue weighted by molar-refractivity contribution is 0.138. The van der Waals surface area contributed by atoms with Gasteiger partial charge in [-0.05, 0) is 0 Å². The van der Waals surface area contributed by atoms with E-state index in [1.165, 1.54) is 9.13 Å². The average molecular weight is 266 g/mol. The average Bonchev–Trinajstić information content (AvgIpc) is 1.96. The number of halogens is 2. The Hall–Kier alpha value is -0.00312. The molecule has 0 fully saturated rings. The molecule has 0 bridgehead atoms. The van der Waals surface area contributed by atoms with Crippen molar-refractivity contribution in [2.45, 2.75) is 79.6 Å². The Morgan fingerprint density at radius 3 is 0.882 bits per heavy atom. The van der Waals surface area contributed by atoms with Gasteiger partial charge in [0.2, 0.25) is 0 Å². The molecular weight excluding hydrogens is 238 g/mol. The molecule has 0 N–H and O–H groups in total. The van der Waals surface area contributed by atoms with E-state index in [1.807, 2.05) is 55.4 Å². The SMILES string of the molecule is CC(C)N(C(C)C)[Si](F)(F)N(C(C)C)C(C)C. The molecule has 0 aromatic heterocycles. The van der Waals surface area contributed by atoms with Gasteiger partial charge in [0.15, 0.2) is 0 Å². The molecule has 0 aliphatic heterocycles. The van der Waals surface area contributed by atoms with Gasteiger partial charge in [0, 0.05) is 24.2 Å². The fourth-order valence-electron chi connectivity index (χ4n) is 2.57. The number of rotatable bonds is 6. The largest absolute Gasteiger partial charge is 0.600 e. The van der Waals surface area contributed by atoms with E-state index >= 15 is 0 Å². The smallest absolute Gasteiger partial charge is 0.256 e. The topological polar surface area (TPSA) is 6.48 Å². The van der Waals surface area contributed by atoms with Crippen molar-refractivity contribution in [2.75, 3.05) is 0 Å². The first-order chi connectivity index (χ1) is 7.53. The van der Waals surface area contributed by atoms with Crippen molar-refractivity contribution in [1.82, 2.24) is 9.13 Å². The Bertz CT molecular complexity index is 193. The van der Waals surface area contributed by atoms with Crippen molar-refractivity contribution in [2.24, 2.45) is 0 Å². The zero-order chi connectivity index (χ0) is 14.0. The number of hydrogen-bond donors (Lipinski definition) is 0. The molecule has 5 heteroatoms. The fraction of sp³-hybridized carbons (Fsp3) is 1.00. The lowest BCUT2D eigenvalue weighted by atomic mass is 10.3. The molecule has 0 unspecified atom stereocenters. The summed E-state index contributed by atoms with van der Waals surface area (Å²) in [7, 11) is -4.55. The molecule has 0 heterocycles. The van der Waals surface area contributed by atoms with E-state index in [-0.39, 0.29) is 24.2 Å². The van der Waals surface area contributed by atoms with E-state index in [0.29, 0.717) is 0 Å². The van der Waals surface area contributed by atoms with Gasteiger partial charge in [-0.25, -0.2) is 8.22 Å². The first kappa shape index (κ1) is 17.0. The quantitative estimate of drug-likeness (QED) is 0.535. The third-order valence-electron chi connectivity index (χ3n) is 2.85. The van der Waals surface area contributed by atoms with Crippen LogP contribution in [0.25, 0.3) is 0 Å². The predicted molar refractivity (Wildman–Crippen MR) is 72.2 cm³/mol. The molecule has 0 atom stereocenters. The van der Waals surface area contributed by atoms with Crippen LogP contribution >= 0.6 is 0 Å². The van der Waals surface area contributed by atoms with Crippen molar-refractivity contribution >= 4 is 9.06 Å². The fourth-order valence-corrected chi connectivity index (χ4v) is 5.32. The van der Waals surface area contributed by atoms with Gasteiger partial charge in [-0.1, -0.05) is 55.4 Å². The third-order valence-corrected chi connectivity index (χ3v) is 6.15. The van der Waals surface area contributed by atoms with Gasteiger partial charge in [0.25, 0.3) is 0 Å². The number of hydrogen-bond acceptors (Lipinski definition) is 2. The van der Waals surface area contributed by atoms with Crippen LogP contribution in [0.3, 0.4) is 0 Å². The maximum Gasteiger partial charge on any atom is 0.600 e. The summed E-state index contributed by atoms with van der Waals surface area (Å²) in [5.74, 6) is 0. The van der Waals surface area contributed by atoms with Gasteiger partial charge < -0.3 is 0 Å². The van der Waals surface area contributed by atoms with E-state index in [9.17, 15) is 8.22 Å². The molecule has 0 aliphatic carbocycles. The molecule has 0 saturated carbocycles. The Morgan fingerprint density at radius 1 is 0.588 bits per heavy atom. The normalized spacial score (nSPS) is 14.1. The van der Waals surface area contributed by atoms with E-state index in [1.54, 1.807) is 0 Å². The molecule has 0 spiro atoms. The second-order valence-corrected chi connectivity index (χ2v) is 7.75. The predicted octanol–water partition coefficient (Wildman–Crippen LogP) is 3.60. The molecule has 17 heavy (non-hydrogen) atoms. The molecule has 0 saturated heterocycles. The van der Waals surface area contributed by atoms with Gasteiger partial charge >= 0.3 is 9.06 Å². The first-order valence-electron chi connectivity index (χ1n) is 6.48. The molecular formula is C12H28F2N2Si. The zero-order valence-electron chi connectivity index (χ0n) is 12.5. The van der Waals surface area contributed by atoms with Crippen molar-refractivity contribution < 1.29 is 8.22 Å². The van der Waals surface area contributed by atoms with Crippen molar-refractivity contribution in [3.8, 4) is 0 Å². The Kier molecular flexibility index (Phi) is 6.25. The minimum atomic E-state index is -4.55. The molecule has 104 valence electrons. The Balaban J connectivity index is 5.30. The summed E-state index contributed by atoms with van der Waals surface area (Å²) in [6.45, 7) is 14.8. The van der Waals surface area contributed by atoms with Gasteiger partial charge in [-0.15, -0.1) is 0 Å². The van der Waals surface area contributed by atoms with Gasteiger partial charge in [-0.3, -0.25) is 9.13 Å². The minimum absolute atomic E-state index is 0.128. The summed E-state index contributed by atoms with van der Waals surface area (Å²) in [6.07, 6.45) is 0. The van der Waals surface area contributed by atoms with Crippen LogP contribution in [0.15, 0.2) is 0 Å². The Labute approximate surface area is 106 Å². The maximum absolute atomic E-state index is 14.7. The van der Waals surface area contributed by atoms with Crippen LogP contribution < -0.4 is 0 Å². The summed E-state index contributed by atoms with van der Waals surface area (Å²) >= 11 is 0. The molecule has 0 amide bonds. The molecule has 0 aliphatic rings. The summed E-state index contributed by atoms with van der Waals surface area (Å²) in [5, 5.41) is 0. The molecule has 0 rings (SSSR count). The van der Waals surface area contributed by atoms with Crippen LogP contribution in [0.4, 0.5) is 8.22 Å². The van der Waals surface area contributed by atoms with Crippen LogP contribution in [0.2, 0.25) is 0 Å². The third kappa shape index (κ3) is 4.00. The van der Waals surface area contributed by atoms with Crippen molar-refractivity contribution in [1.29, 1.82) is 0 Å². The second kappa shape index (κ2) is 6.25. The van der Waals surface area contributed by atoms with Gasteiger partial charge in [0.05, 0.1) is 0 Å². The summed E-state index contributed by atoms with van der Waals surface area (Å²) in [6, 6.07) is -0.512. The van der Waals surface area contributed by atoms with Crippen molar-refractivity contribution in [3.63, 3.8) is 0 Å². The minimum Gasteiger partial charge on any atom is -0.256 e. The summed E-state index contributed by atoms with van der Waals surface area (Å²) in [4.78, 5) is 0. The highest BCUT2D eigenvalue weighted by Gasteiger charge is 2.54. The van der Waals surface area contributed by atoms with Crippen LogP contribution in [-0.4, -0.2) is 42.4 Å². The standard InChI is InChI=1S/C12H28F2N2Si/c1-9(2)15(10(3)4)17(13,14)16(11(5)6)12(7)8/h9-12H,1-8H3. The van der Waals surface area contributed by atoms with Crippen LogP contribution in [0.1, 0.15) is 55.4 Å². The van der Waals surface area contributed by atoms with Crippen LogP contribution in [0.5, 0.6) is 0 Å². The van der Waals surface area contributed by atoms with Crippen LogP contribution in [0, 0.1) is 0 Å². The van der Waals surface area contributed by atoms with Crippen molar-refractivity contribution in [3.05, 3.63) is 0 Å². The first-order valence-corrected chi connectivity index (χ1v) is 8.13. The number of nitrogens with zero attached hydrogens (tertiary/aromatic N) is 2. The summed E-state index contributed by atoms with van der Waals surface area (Å²) < 4.78 is 32.3. The van der Waals surface area contributed by atoms with E-state index in [0.717, 1.165) is 0 Å². The maximum atomic E-state index is 14.7. The summed E-state index contributed by atoms with van der Waals surface area (Å²) in [5.41, 5.74) is 0. The lowest BCUT2D eigenvalue weighted by Gasteiger charge is -2.44. The van der Waals surface area contributed by atoms with E-state index < -0.39 is 9.06 Å². The van der Waals surface area contributed by atoms with Gasteiger partial charge in [-0.2, -0.15) is 0 Å². The zero-order valence-corrected chi connectivity index (χ0v) is 13.5. The molecule has 0 aromatic rings. The highest BCUT2D eigenvalue weighted by molar-refractivity contribution is 6.60. The monoisotopic (exact) mass is 266 g/mol. The molecule has 0 aromatic carbocycles. The van der Waals surface area contributed by atoms with Crippen LogP contribution in [-0.2, 0) is 0 Å². The van der Waals surface area contributed by atoms with Gasteiger partial charge in [0.1, 0.15) is 0 Å². The highest BCUT2D eigenvalue weighted by atomic mass is 28.4. The Morgan fingerprint density at radius 2 is 0.765 bits per heavy atom. The second-order valence-electron chi connectivity index (χ2n) is 5.70. The highest BCUT2D eigenvalue weighted by Crippen LogP contribution is 2.28. The van der Waals surface area contributed by atoms with E-state index in [2.05, 4.69) is 0 Å². The molecule has 2 nitrogen and oxygen atoms in total. The lowest BCUT2D eigenvalue weighted by Crippen LogP contribution is -2.67. The molecule has 0 radical (unpaired) electrons.